The first-order chi connectivity index (χ1) is 6.58. The molecule has 0 bridgehead atoms. The number of aromatic nitrogens is 2. The molecule has 0 amide bonds. The van der Waals surface area contributed by atoms with Gasteiger partial charge in [0.1, 0.15) is 0 Å². The first-order valence-corrected chi connectivity index (χ1v) is 4.97. The number of hydrogen-bond acceptors (Lipinski definition) is 3. The molecule has 0 fully saturated rings. The maximum absolute atomic E-state index is 11.4. The van der Waals surface area contributed by atoms with Crippen LogP contribution in [0.25, 0.3) is 10.9 Å². The van der Waals surface area contributed by atoms with Crippen molar-refractivity contribution >= 4 is 39.5 Å². The van der Waals surface area contributed by atoms with Gasteiger partial charge in [0.15, 0.2) is 0 Å². The van der Waals surface area contributed by atoms with Crippen LogP contribution in [0, 0.1) is 0 Å². The van der Waals surface area contributed by atoms with Crippen LogP contribution in [-0.2, 0) is 0 Å². The van der Waals surface area contributed by atoms with Crippen LogP contribution in [-0.4, -0.2) is 9.97 Å². The molecule has 1 aromatic carbocycles. The summed E-state index contributed by atoms with van der Waals surface area (Å²) in [6, 6.07) is 3.34. The van der Waals surface area contributed by atoms with Gasteiger partial charge in [-0.15, -0.1) is 12.6 Å². The predicted octanol–water partition coefficient (Wildman–Crippen LogP) is 1.27. The number of fused-ring (bicyclic) bond motifs is 1. The highest BCUT2D eigenvalue weighted by Gasteiger charge is 2.04. The number of thiol groups is 1. The number of aromatic amines is 2. The lowest BCUT2D eigenvalue weighted by atomic mass is 10.2. The minimum Gasteiger partial charge on any atom is -0.306 e. The Balaban J connectivity index is 3.10. The summed E-state index contributed by atoms with van der Waals surface area (Å²) in [6.45, 7) is 0. The van der Waals surface area contributed by atoms with Crippen molar-refractivity contribution in [2.75, 3.05) is 0 Å². The van der Waals surface area contributed by atoms with E-state index in [4.69, 9.17) is 0 Å². The van der Waals surface area contributed by atoms with Gasteiger partial charge in [-0.2, -0.15) is 0 Å². The molecular weight excluding hydrogens is 268 g/mol. The second-order valence-corrected chi connectivity index (χ2v) is 4.15. The Hall–Kier alpha value is -1.01. The Kier molecular flexibility index (Phi) is 2.24. The van der Waals surface area contributed by atoms with Crippen molar-refractivity contribution < 1.29 is 0 Å². The summed E-state index contributed by atoms with van der Waals surface area (Å²) in [5, 5.41) is 0.406. The van der Waals surface area contributed by atoms with Gasteiger partial charge >= 0.3 is 5.69 Å². The number of rotatable bonds is 0. The molecule has 0 unspecified atom stereocenters. The third kappa shape index (κ3) is 1.51. The van der Waals surface area contributed by atoms with Crippen LogP contribution in [0.2, 0.25) is 0 Å². The fourth-order valence-electron chi connectivity index (χ4n) is 1.22. The Morgan fingerprint density at radius 3 is 2.64 bits per heavy atom. The SMILES string of the molecule is O=c1[nH]c(=O)c2cc(Br)cc(S)c2[nH]1. The van der Waals surface area contributed by atoms with E-state index in [1.54, 1.807) is 12.1 Å². The van der Waals surface area contributed by atoms with E-state index in [2.05, 4.69) is 38.5 Å². The highest BCUT2D eigenvalue weighted by Crippen LogP contribution is 2.21. The Morgan fingerprint density at radius 1 is 1.21 bits per heavy atom. The van der Waals surface area contributed by atoms with E-state index in [-0.39, 0.29) is 0 Å². The lowest BCUT2D eigenvalue weighted by Gasteiger charge is -2.00. The fraction of sp³-hybridized carbons (Fsp3) is 0. The van der Waals surface area contributed by atoms with Crippen molar-refractivity contribution in [3.63, 3.8) is 0 Å². The molecule has 4 nitrogen and oxygen atoms in total. The molecule has 0 aliphatic carbocycles. The van der Waals surface area contributed by atoms with Crippen LogP contribution in [0.5, 0.6) is 0 Å². The van der Waals surface area contributed by atoms with Crippen LogP contribution >= 0.6 is 28.6 Å². The second-order valence-electron chi connectivity index (χ2n) is 2.76. The van der Waals surface area contributed by atoms with Gasteiger partial charge in [0.2, 0.25) is 0 Å². The average Bonchev–Trinajstić information content (AvgIpc) is 2.07. The summed E-state index contributed by atoms with van der Waals surface area (Å²) in [5.41, 5.74) is -0.495. The number of hydrogen-bond donors (Lipinski definition) is 3. The molecule has 2 rings (SSSR count). The van der Waals surface area contributed by atoms with Crippen molar-refractivity contribution in [1.82, 2.24) is 9.97 Å². The van der Waals surface area contributed by atoms with E-state index in [1.165, 1.54) is 0 Å². The van der Waals surface area contributed by atoms with Gasteiger partial charge in [-0.05, 0) is 12.1 Å². The zero-order valence-corrected chi connectivity index (χ0v) is 9.28. The van der Waals surface area contributed by atoms with E-state index in [0.717, 1.165) is 4.47 Å². The van der Waals surface area contributed by atoms with Gasteiger partial charge in [-0.3, -0.25) is 9.78 Å². The maximum Gasteiger partial charge on any atom is 0.326 e. The summed E-state index contributed by atoms with van der Waals surface area (Å²) < 4.78 is 0.743. The highest BCUT2D eigenvalue weighted by atomic mass is 79.9. The summed E-state index contributed by atoms with van der Waals surface area (Å²) >= 11 is 7.40. The zero-order chi connectivity index (χ0) is 10.3. The topological polar surface area (TPSA) is 65.7 Å². The van der Waals surface area contributed by atoms with Crippen LogP contribution in [0.15, 0.2) is 31.1 Å². The number of halogens is 1. The Labute approximate surface area is 91.9 Å². The summed E-state index contributed by atoms with van der Waals surface area (Å²) in [7, 11) is 0. The van der Waals surface area contributed by atoms with E-state index in [1.807, 2.05) is 0 Å². The van der Waals surface area contributed by atoms with Crippen molar-refractivity contribution in [2.24, 2.45) is 0 Å². The number of H-pyrrole nitrogens is 2. The van der Waals surface area contributed by atoms with Crippen LogP contribution in [0.1, 0.15) is 0 Å². The van der Waals surface area contributed by atoms with Gasteiger partial charge in [0.25, 0.3) is 5.56 Å². The van der Waals surface area contributed by atoms with Gasteiger partial charge in [-0.1, -0.05) is 15.9 Å². The third-order valence-corrected chi connectivity index (χ3v) is 2.60. The van der Waals surface area contributed by atoms with Crippen LogP contribution in [0.4, 0.5) is 0 Å². The quantitative estimate of drug-likeness (QED) is 0.633. The second kappa shape index (κ2) is 3.29. The Bertz CT molecular complexity index is 617. The lowest BCUT2D eigenvalue weighted by molar-refractivity contribution is 1.07. The lowest BCUT2D eigenvalue weighted by Crippen LogP contribution is -2.22. The molecule has 2 aromatic rings. The third-order valence-electron chi connectivity index (χ3n) is 1.79. The van der Waals surface area contributed by atoms with Crippen molar-refractivity contribution in [1.29, 1.82) is 0 Å². The minimum absolute atomic E-state index is 0.406. The Morgan fingerprint density at radius 2 is 1.93 bits per heavy atom. The van der Waals surface area contributed by atoms with Crippen molar-refractivity contribution in [3.8, 4) is 0 Å². The molecule has 6 heteroatoms. The molecule has 0 aliphatic rings. The van der Waals surface area contributed by atoms with E-state index in [9.17, 15) is 9.59 Å². The first-order valence-electron chi connectivity index (χ1n) is 3.73. The molecule has 1 aromatic heterocycles. The first kappa shape index (κ1) is 9.54. The minimum atomic E-state index is -0.528. The molecule has 2 N–H and O–H groups in total. The largest absolute Gasteiger partial charge is 0.326 e. The van der Waals surface area contributed by atoms with E-state index in [0.29, 0.717) is 15.8 Å². The van der Waals surface area contributed by atoms with E-state index < -0.39 is 11.2 Å². The molecule has 14 heavy (non-hydrogen) atoms. The van der Waals surface area contributed by atoms with Crippen molar-refractivity contribution in [2.45, 2.75) is 4.90 Å². The monoisotopic (exact) mass is 272 g/mol. The summed E-state index contributed by atoms with van der Waals surface area (Å²) in [5.74, 6) is 0. The molecule has 0 saturated heterocycles. The fourth-order valence-corrected chi connectivity index (χ4v) is 2.17. The van der Waals surface area contributed by atoms with Crippen LogP contribution < -0.4 is 11.2 Å². The predicted molar refractivity (Wildman–Crippen MR) is 60.1 cm³/mol. The average molecular weight is 273 g/mol. The van der Waals surface area contributed by atoms with Gasteiger partial charge in [0, 0.05) is 9.37 Å². The smallest absolute Gasteiger partial charge is 0.306 e. The molecule has 0 atom stereocenters. The summed E-state index contributed by atoms with van der Waals surface area (Å²) in [6.07, 6.45) is 0. The standard InChI is InChI=1S/C8H5BrN2O2S/c9-3-1-4-6(5(14)2-3)10-8(13)11-7(4)12/h1-2,14H,(H2,10,11,12,13). The molecule has 1 heterocycles. The molecule has 0 saturated carbocycles. The summed E-state index contributed by atoms with van der Waals surface area (Å²) in [4.78, 5) is 27.6. The van der Waals surface area contributed by atoms with E-state index >= 15 is 0 Å². The van der Waals surface area contributed by atoms with Crippen LogP contribution in [0.3, 0.4) is 0 Å². The van der Waals surface area contributed by atoms with Gasteiger partial charge in [-0.25, -0.2) is 4.79 Å². The van der Waals surface area contributed by atoms with Crippen molar-refractivity contribution in [3.05, 3.63) is 37.4 Å². The zero-order valence-electron chi connectivity index (χ0n) is 6.80. The number of nitrogens with one attached hydrogen (secondary N) is 2. The highest BCUT2D eigenvalue weighted by molar-refractivity contribution is 9.10. The molecule has 72 valence electrons. The molecule has 0 radical (unpaired) electrons. The normalized spacial score (nSPS) is 10.7. The number of benzene rings is 1. The maximum atomic E-state index is 11.4. The molecular formula is C8H5BrN2O2S. The molecule has 0 aliphatic heterocycles. The van der Waals surface area contributed by atoms with Gasteiger partial charge in [0.05, 0.1) is 10.9 Å². The van der Waals surface area contributed by atoms with Gasteiger partial charge < -0.3 is 4.98 Å². The molecule has 0 spiro atoms.